The molecule has 2 atom stereocenters. The molecule has 3 aromatic rings. The lowest BCUT2D eigenvalue weighted by Crippen LogP contribution is -2.46. The van der Waals surface area contributed by atoms with Gasteiger partial charge < -0.3 is 15.2 Å². The standard InChI is InChI=1S/C28H30N2O4S/c1-27(2,19-7-4-3-5-8-19)20-10-12-22(13-11-20)34-18-21(31)17-30-25(32)28(29-26(30)33)15-6-9-24-23(28)14-16-35-24/h3-5,7-8,10-14,16,21,31H,6,9,15,17-18H2,1-2H3,(H,29,33). The second kappa shape index (κ2) is 9.13. The summed E-state index contributed by atoms with van der Waals surface area (Å²) in [5.41, 5.74) is 2.13. The monoisotopic (exact) mass is 490 g/mol. The first-order chi connectivity index (χ1) is 16.8. The SMILES string of the molecule is CC(C)(c1ccccc1)c1ccc(OCC(O)CN2C(=O)NC3(CCCc4sccc43)C2=O)cc1. The number of hydrogen-bond donors (Lipinski definition) is 2. The number of imide groups is 1. The molecule has 2 N–H and O–H groups in total. The number of benzene rings is 2. The molecule has 6 nitrogen and oxygen atoms in total. The second-order valence-corrected chi connectivity index (χ2v) is 10.8. The number of aryl methyl sites for hydroxylation is 1. The number of amides is 3. The van der Waals surface area contributed by atoms with Crippen LogP contribution < -0.4 is 10.1 Å². The third kappa shape index (κ3) is 4.23. The molecule has 1 spiro atoms. The molecule has 3 amide bonds. The fourth-order valence-electron chi connectivity index (χ4n) is 5.15. The van der Waals surface area contributed by atoms with Gasteiger partial charge in [-0.3, -0.25) is 9.69 Å². The molecule has 1 aliphatic heterocycles. The zero-order chi connectivity index (χ0) is 24.6. The highest BCUT2D eigenvalue weighted by Gasteiger charge is 2.54. The van der Waals surface area contributed by atoms with Gasteiger partial charge >= 0.3 is 6.03 Å². The van der Waals surface area contributed by atoms with Crippen LogP contribution in [0.25, 0.3) is 0 Å². The Morgan fingerprint density at radius 3 is 2.54 bits per heavy atom. The number of aliphatic hydroxyl groups excluding tert-OH is 1. The Hall–Kier alpha value is -3.16. The van der Waals surface area contributed by atoms with Crippen LogP contribution in [-0.4, -0.2) is 41.2 Å². The van der Waals surface area contributed by atoms with Crippen molar-refractivity contribution in [1.82, 2.24) is 10.2 Å². The predicted octanol–water partition coefficient (Wildman–Crippen LogP) is 4.60. The number of nitrogens with one attached hydrogen (secondary N) is 1. The normalized spacial score (nSPS) is 20.6. The lowest BCUT2D eigenvalue weighted by atomic mass is 9.78. The van der Waals surface area contributed by atoms with Crippen molar-refractivity contribution in [1.29, 1.82) is 0 Å². The van der Waals surface area contributed by atoms with E-state index in [0.717, 1.165) is 33.7 Å². The van der Waals surface area contributed by atoms with Gasteiger partial charge in [0.2, 0.25) is 0 Å². The quantitative estimate of drug-likeness (QED) is 0.475. The molecule has 1 fully saturated rings. The van der Waals surface area contributed by atoms with Crippen molar-refractivity contribution in [3.8, 4) is 5.75 Å². The number of nitrogens with zero attached hydrogens (tertiary/aromatic N) is 1. The molecule has 2 unspecified atom stereocenters. The van der Waals surface area contributed by atoms with Crippen molar-refractivity contribution in [2.75, 3.05) is 13.2 Å². The summed E-state index contributed by atoms with van der Waals surface area (Å²) in [6.07, 6.45) is 1.35. The molecule has 1 aliphatic carbocycles. The summed E-state index contributed by atoms with van der Waals surface area (Å²) in [4.78, 5) is 28.3. The molecule has 2 aromatic carbocycles. The average molecular weight is 491 g/mol. The fourth-order valence-corrected chi connectivity index (χ4v) is 6.15. The van der Waals surface area contributed by atoms with E-state index in [2.05, 4.69) is 31.3 Å². The van der Waals surface area contributed by atoms with Gasteiger partial charge in [-0.2, -0.15) is 0 Å². The first-order valence-corrected chi connectivity index (χ1v) is 12.9. The zero-order valence-electron chi connectivity index (χ0n) is 20.0. The van der Waals surface area contributed by atoms with Gasteiger partial charge in [0, 0.05) is 15.9 Å². The number of carbonyl (C=O) groups excluding carboxylic acids is 2. The maximum Gasteiger partial charge on any atom is 0.325 e. The molecule has 7 heteroatoms. The average Bonchev–Trinajstić information content (AvgIpc) is 3.44. The van der Waals surface area contributed by atoms with Crippen molar-refractivity contribution in [3.05, 3.63) is 87.6 Å². The van der Waals surface area contributed by atoms with Crippen molar-refractivity contribution >= 4 is 23.3 Å². The third-order valence-corrected chi connectivity index (χ3v) is 8.22. The number of carbonyl (C=O) groups is 2. The van der Waals surface area contributed by atoms with Gasteiger partial charge in [0.25, 0.3) is 5.91 Å². The van der Waals surface area contributed by atoms with Gasteiger partial charge in [0.05, 0.1) is 6.54 Å². The van der Waals surface area contributed by atoms with Gasteiger partial charge in [-0.05, 0) is 54.0 Å². The number of rotatable bonds is 7. The van der Waals surface area contributed by atoms with Crippen molar-refractivity contribution in [2.24, 2.45) is 0 Å². The number of aliphatic hydroxyl groups is 1. The lowest BCUT2D eigenvalue weighted by molar-refractivity contribution is -0.133. The Kier molecular flexibility index (Phi) is 6.15. The molecule has 182 valence electrons. The molecule has 1 aromatic heterocycles. The summed E-state index contributed by atoms with van der Waals surface area (Å²) in [5.74, 6) is 0.342. The van der Waals surface area contributed by atoms with E-state index < -0.39 is 17.7 Å². The molecule has 0 radical (unpaired) electrons. The minimum atomic E-state index is -0.995. The van der Waals surface area contributed by atoms with Crippen LogP contribution >= 0.6 is 11.3 Å². The molecule has 0 saturated carbocycles. The van der Waals surface area contributed by atoms with E-state index in [9.17, 15) is 14.7 Å². The summed E-state index contributed by atoms with van der Waals surface area (Å²) in [7, 11) is 0. The molecule has 1 saturated heterocycles. The van der Waals surface area contributed by atoms with Gasteiger partial charge in [0.15, 0.2) is 0 Å². The highest BCUT2D eigenvalue weighted by Crippen LogP contribution is 2.42. The van der Waals surface area contributed by atoms with Crippen LogP contribution in [0.1, 0.15) is 48.3 Å². The van der Waals surface area contributed by atoms with Crippen LogP contribution in [0.5, 0.6) is 5.75 Å². The molecule has 35 heavy (non-hydrogen) atoms. The van der Waals surface area contributed by atoms with Crippen molar-refractivity contribution in [2.45, 2.75) is 50.2 Å². The Bertz CT molecular complexity index is 1220. The fraction of sp³-hybridized carbons (Fsp3) is 0.357. The van der Waals surface area contributed by atoms with Gasteiger partial charge in [-0.15, -0.1) is 11.3 Å². The molecule has 2 heterocycles. The van der Waals surface area contributed by atoms with Crippen molar-refractivity contribution in [3.63, 3.8) is 0 Å². The first-order valence-electron chi connectivity index (χ1n) is 12.0. The Morgan fingerprint density at radius 1 is 1.09 bits per heavy atom. The number of urea groups is 1. The predicted molar refractivity (Wildman–Crippen MR) is 136 cm³/mol. The van der Waals surface area contributed by atoms with E-state index in [1.807, 2.05) is 53.9 Å². The van der Waals surface area contributed by atoms with Crippen LogP contribution in [0, 0.1) is 0 Å². The summed E-state index contributed by atoms with van der Waals surface area (Å²) in [6.45, 7) is 4.23. The van der Waals surface area contributed by atoms with E-state index in [1.54, 1.807) is 11.3 Å². The van der Waals surface area contributed by atoms with Crippen LogP contribution in [0.15, 0.2) is 66.0 Å². The first kappa shape index (κ1) is 23.6. The number of thiophene rings is 1. The maximum atomic E-state index is 13.3. The van der Waals surface area contributed by atoms with E-state index in [0.29, 0.717) is 12.2 Å². The third-order valence-electron chi connectivity index (χ3n) is 7.24. The molecule has 5 rings (SSSR count). The Morgan fingerprint density at radius 2 is 1.80 bits per heavy atom. The van der Waals surface area contributed by atoms with Crippen LogP contribution in [-0.2, 0) is 22.2 Å². The van der Waals surface area contributed by atoms with Crippen LogP contribution in [0.2, 0.25) is 0 Å². The Balaban J connectivity index is 1.21. The minimum absolute atomic E-state index is 0.0187. The largest absolute Gasteiger partial charge is 0.491 e. The topological polar surface area (TPSA) is 78.9 Å². The molecule has 0 bridgehead atoms. The van der Waals surface area contributed by atoms with Gasteiger partial charge in [0.1, 0.15) is 24.0 Å². The number of fused-ring (bicyclic) bond motifs is 2. The van der Waals surface area contributed by atoms with E-state index >= 15 is 0 Å². The van der Waals surface area contributed by atoms with E-state index in [4.69, 9.17) is 4.74 Å². The number of ether oxygens (including phenoxy) is 1. The van der Waals surface area contributed by atoms with E-state index in [-0.39, 0.29) is 24.5 Å². The summed E-state index contributed by atoms with van der Waals surface area (Å²) >= 11 is 1.62. The van der Waals surface area contributed by atoms with E-state index in [1.165, 1.54) is 5.56 Å². The molecule has 2 aliphatic rings. The van der Waals surface area contributed by atoms with Crippen LogP contribution in [0.3, 0.4) is 0 Å². The maximum absolute atomic E-state index is 13.3. The second-order valence-electron chi connectivity index (χ2n) is 9.84. The Labute approximate surface area is 209 Å². The number of β-amino-alcohol motifs (C(OH)–C–C–N with tert-alkyl or cyclic N) is 1. The van der Waals surface area contributed by atoms with Crippen molar-refractivity contribution < 1.29 is 19.4 Å². The highest BCUT2D eigenvalue weighted by atomic mass is 32.1. The summed E-state index contributed by atoms with van der Waals surface area (Å²) in [5, 5.41) is 15.5. The highest BCUT2D eigenvalue weighted by molar-refractivity contribution is 7.10. The number of hydrogen-bond acceptors (Lipinski definition) is 5. The van der Waals surface area contributed by atoms with Crippen LogP contribution in [0.4, 0.5) is 4.79 Å². The summed E-state index contributed by atoms with van der Waals surface area (Å²) < 4.78 is 5.78. The minimum Gasteiger partial charge on any atom is -0.491 e. The zero-order valence-corrected chi connectivity index (χ0v) is 20.8. The summed E-state index contributed by atoms with van der Waals surface area (Å²) in [6, 6.07) is 19.6. The molecular formula is C28H30N2O4S. The smallest absolute Gasteiger partial charge is 0.325 e. The van der Waals surface area contributed by atoms with Gasteiger partial charge in [-0.25, -0.2) is 4.79 Å². The lowest BCUT2D eigenvalue weighted by Gasteiger charge is -2.31. The molecular weight excluding hydrogens is 460 g/mol. The van der Waals surface area contributed by atoms with Gasteiger partial charge in [-0.1, -0.05) is 56.3 Å².